The molecule has 1 aliphatic rings. The Hall–Kier alpha value is -3.07. The van der Waals surface area contributed by atoms with Crippen molar-refractivity contribution in [2.24, 2.45) is 0 Å². The molecule has 2 N–H and O–H groups in total. The van der Waals surface area contributed by atoms with Crippen molar-refractivity contribution < 1.29 is 14.2 Å². The van der Waals surface area contributed by atoms with Crippen molar-refractivity contribution in [3.8, 4) is 16.9 Å². The SMILES string of the molecule is COCc1ccc(OC)c(CN2CCOC(c3ncncc3-c3ccnc(N)c3)C2)c1. The average Bonchev–Trinajstić information content (AvgIpc) is 2.80. The van der Waals surface area contributed by atoms with Gasteiger partial charge in [-0.2, -0.15) is 0 Å². The number of benzene rings is 1. The zero-order valence-corrected chi connectivity index (χ0v) is 17.8. The van der Waals surface area contributed by atoms with Gasteiger partial charge in [0.25, 0.3) is 0 Å². The number of ether oxygens (including phenoxy) is 3. The third-order valence-electron chi connectivity index (χ3n) is 5.34. The van der Waals surface area contributed by atoms with Crippen LogP contribution in [-0.2, 0) is 22.6 Å². The van der Waals surface area contributed by atoms with Crippen molar-refractivity contribution in [3.05, 3.63) is 65.9 Å². The molecule has 162 valence electrons. The van der Waals surface area contributed by atoms with Gasteiger partial charge in [0.05, 0.1) is 26.0 Å². The number of nitrogen functional groups attached to an aromatic ring is 1. The molecule has 3 aromatic rings. The monoisotopic (exact) mass is 421 g/mol. The molecule has 4 rings (SSSR count). The Morgan fingerprint density at radius 2 is 2.10 bits per heavy atom. The van der Waals surface area contributed by atoms with Gasteiger partial charge in [0.2, 0.25) is 0 Å². The summed E-state index contributed by atoms with van der Waals surface area (Å²) in [7, 11) is 3.40. The fraction of sp³-hybridized carbons (Fsp3) is 0.348. The van der Waals surface area contributed by atoms with Crippen molar-refractivity contribution >= 4 is 5.82 Å². The second-order valence-electron chi connectivity index (χ2n) is 7.46. The first-order valence-electron chi connectivity index (χ1n) is 10.2. The van der Waals surface area contributed by atoms with Crippen molar-refractivity contribution in [2.45, 2.75) is 19.3 Å². The molecule has 8 nitrogen and oxygen atoms in total. The van der Waals surface area contributed by atoms with Crippen LogP contribution in [0.1, 0.15) is 22.9 Å². The van der Waals surface area contributed by atoms with E-state index < -0.39 is 0 Å². The van der Waals surface area contributed by atoms with E-state index in [0.717, 1.165) is 46.8 Å². The van der Waals surface area contributed by atoms with Crippen LogP contribution in [0.3, 0.4) is 0 Å². The summed E-state index contributed by atoms with van der Waals surface area (Å²) in [4.78, 5) is 15.2. The fourth-order valence-corrected chi connectivity index (χ4v) is 3.90. The molecule has 0 amide bonds. The first-order valence-corrected chi connectivity index (χ1v) is 10.2. The number of aromatic nitrogens is 3. The molecule has 0 bridgehead atoms. The number of hydrogen-bond acceptors (Lipinski definition) is 8. The van der Waals surface area contributed by atoms with Gasteiger partial charge in [-0.1, -0.05) is 6.07 Å². The van der Waals surface area contributed by atoms with E-state index in [-0.39, 0.29) is 6.10 Å². The Morgan fingerprint density at radius 1 is 1.19 bits per heavy atom. The topological polar surface area (TPSA) is 95.6 Å². The number of methoxy groups -OCH3 is 2. The number of nitrogens with two attached hydrogens (primary N) is 1. The van der Waals surface area contributed by atoms with Crippen molar-refractivity contribution in [1.29, 1.82) is 0 Å². The van der Waals surface area contributed by atoms with Gasteiger partial charge >= 0.3 is 0 Å². The van der Waals surface area contributed by atoms with Gasteiger partial charge in [0.1, 0.15) is 24.0 Å². The summed E-state index contributed by atoms with van der Waals surface area (Å²) >= 11 is 0. The van der Waals surface area contributed by atoms with Crippen molar-refractivity contribution in [1.82, 2.24) is 19.9 Å². The van der Waals surface area contributed by atoms with Crippen LogP contribution in [0, 0.1) is 0 Å². The fourth-order valence-electron chi connectivity index (χ4n) is 3.90. The minimum Gasteiger partial charge on any atom is -0.496 e. The average molecular weight is 422 g/mol. The minimum atomic E-state index is -0.172. The zero-order chi connectivity index (χ0) is 21.6. The van der Waals surface area contributed by atoms with Crippen molar-refractivity contribution in [2.75, 3.05) is 39.6 Å². The number of hydrogen-bond donors (Lipinski definition) is 1. The Kier molecular flexibility index (Phi) is 6.71. The van der Waals surface area contributed by atoms with Crippen LogP contribution in [0.5, 0.6) is 5.75 Å². The molecule has 0 saturated carbocycles. The van der Waals surface area contributed by atoms with E-state index in [1.165, 1.54) is 0 Å². The predicted octanol–water partition coefficient (Wildman–Crippen LogP) is 2.85. The third-order valence-corrected chi connectivity index (χ3v) is 5.34. The highest BCUT2D eigenvalue weighted by molar-refractivity contribution is 5.67. The van der Waals surface area contributed by atoms with E-state index in [0.29, 0.717) is 25.6 Å². The molecule has 1 aliphatic heterocycles. The Balaban J connectivity index is 1.56. The van der Waals surface area contributed by atoms with Gasteiger partial charge in [0.15, 0.2) is 0 Å². The van der Waals surface area contributed by atoms with E-state index in [1.807, 2.05) is 24.3 Å². The highest BCUT2D eigenvalue weighted by Crippen LogP contribution is 2.31. The van der Waals surface area contributed by atoms with Crippen LogP contribution in [0.4, 0.5) is 5.82 Å². The molecule has 0 spiro atoms. The third kappa shape index (κ3) is 4.99. The van der Waals surface area contributed by atoms with E-state index >= 15 is 0 Å². The Labute approximate surface area is 182 Å². The molecule has 0 radical (unpaired) electrons. The number of nitrogens with zero attached hydrogens (tertiary/aromatic N) is 4. The standard InChI is InChI=1S/C23H27N5O3/c1-29-14-16-3-4-20(30-2)18(9-16)12-28-7-8-31-21(13-28)23-19(11-25-15-27-23)17-5-6-26-22(24)10-17/h3-6,9-11,15,21H,7-8,12-14H2,1-2H3,(H2,24,26). The summed E-state index contributed by atoms with van der Waals surface area (Å²) in [6.45, 7) is 3.48. The molecule has 1 fully saturated rings. The summed E-state index contributed by atoms with van der Waals surface area (Å²) in [6.07, 6.45) is 4.88. The molecule has 3 heterocycles. The van der Waals surface area contributed by atoms with Crippen LogP contribution in [0.2, 0.25) is 0 Å². The first kappa shape index (κ1) is 21.2. The lowest BCUT2D eigenvalue weighted by atomic mass is 10.0. The molecule has 2 aromatic heterocycles. The normalized spacial score (nSPS) is 16.9. The molecule has 31 heavy (non-hydrogen) atoms. The second-order valence-corrected chi connectivity index (χ2v) is 7.46. The van der Waals surface area contributed by atoms with Gasteiger partial charge < -0.3 is 19.9 Å². The predicted molar refractivity (Wildman–Crippen MR) is 117 cm³/mol. The number of morpholine rings is 1. The van der Waals surface area contributed by atoms with Crippen LogP contribution in [-0.4, -0.2) is 53.8 Å². The lowest BCUT2D eigenvalue weighted by molar-refractivity contribution is -0.0349. The first-order chi connectivity index (χ1) is 15.2. The van der Waals surface area contributed by atoms with Gasteiger partial charge in [-0.05, 0) is 35.4 Å². The second kappa shape index (κ2) is 9.82. The molecule has 1 unspecified atom stereocenters. The van der Waals surface area contributed by atoms with Crippen LogP contribution in [0.25, 0.3) is 11.1 Å². The maximum Gasteiger partial charge on any atom is 0.123 e. The van der Waals surface area contributed by atoms with Crippen LogP contribution in [0.15, 0.2) is 49.1 Å². The maximum absolute atomic E-state index is 6.11. The van der Waals surface area contributed by atoms with Gasteiger partial charge in [-0.25, -0.2) is 15.0 Å². The van der Waals surface area contributed by atoms with Gasteiger partial charge in [-0.3, -0.25) is 4.90 Å². The summed E-state index contributed by atoms with van der Waals surface area (Å²) < 4.78 is 17.0. The minimum absolute atomic E-state index is 0.172. The number of pyridine rings is 1. The zero-order valence-electron chi connectivity index (χ0n) is 17.8. The highest BCUT2D eigenvalue weighted by Gasteiger charge is 2.26. The van der Waals surface area contributed by atoms with E-state index in [9.17, 15) is 0 Å². The van der Waals surface area contributed by atoms with Crippen molar-refractivity contribution in [3.63, 3.8) is 0 Å². The Morgan fingerprint density at radius 3 is 2.90 bits per heavy atom. The molecule has 1 aromatic carbocycles. The van der Waals surface area contributed by atoms with Crippen LogP contribution >= 0.6 is 0 Å². The molecule has 0 aliphatic carbocycles. The van der Waals surface area contributed by atoms with Gasteiger partial charge in [0, 0.05) is 50.3 Å². The molecule has 8 heteroatoms. The smallest absolute Gasteiger partial charge is 0.123 e. The van der Waals surface area contributed by atoms with Gasteiger partial charge in [-0.15, -0.1) is 0 Å². The van der Waals surface area contributed by atoms with E-state index in [1.54, 1.807) is 32.9 Å². The van der Waals surface area contributed by atoms with Crippen LogP contribution < -0.4 is 10.5 Å². The Bertz CT molecular complexity index is 1030. The number of rotatable bonds is 7. The quantitative estimate of drug-likeness (QED) is 0.622. The van der Waals surface area contributed by atoms with E-state index in [2.05, 4.69) is 25.9 Å². The lowest BCUT2D eigenvalue weighted by Crippen LogP contribution is -2.38. The summed E-state index contributed by atoms with van der Waals surface area (Å²) in [5, 5.41) is 0. The summed E-state index contributed by atoms with van der Waals surface area (Å²) in [5.41, 5.74) is 10.8. The van der Waals surface area contributed by atoms with E-state index in [4.69, 9.17) is 19.9 Å². The largest absolute Gasteiger partial charge is 0.496 e. The summed E-state index contributed by atoms with van der Waals surface area (Å²) in [5.74, 6) is 1.33. The molecular weight excluding hydrogens is 394 g/mol. The maximum atomic E-state index is 6.11. The highest BCUT2D eigenvalue weighted by atomic mass is 16.5. The molecule has 1 saturated heterocycles. The number of anilines is 1. The molecule has 1 atom stereocenters. The summed E-state index contributed by atoms with van der Waals surface area (Å²) in [6, 6.07) is 9.91. The lowest BCUT2D eigenvalue weighted by Gasteiger charge is -2.33. The molecular formula is C23H27N5O3.